The second-order valence-corrected chi connectivity index (χ2v) is 6.63. The fourth-order valence-electron chi connectivity index (χ4n) is 3.02. The number of carbonyl (C=O) groups is 2. The van der Waals surface area contributed by atoms with E-state index in [2.05, 4.69) is 30.0 Å². The topological polar surface area (TPSA) is 70.2 Å². The Bertz CT molecular complexity index is 628. The van der Waals surface area contributed by atoms with E-state index in [1.165, 1.54) is 0 Å². The van der Waals surface area contributed by atoms with Crippen LogP contribution in [0.2, 0.25) is 5.02 Å². The number of hydrogen-bond donors (Lipinski definition) is 3. The lowest BCUT2D eigenvalue weighted by Crippen LogP contribution is -2.37. The Hall–Kier alpha value is -1.85. The van der Waals surface area contributed by atoms with Gasteiger partial charge in [0.25, 0.3) is 0 Å². The Balaban J connectivity index is 2.16. The molecule has 1 aliphatic rings. The molecule has 1 saturated heterocycles. The van der Waals surface area contributed by atoms with Crippen LogP contribution in [0.25, 0.3) is 0 Å². The number of nitrogens with one attached hydrogen (secondary N) is 3. The number of carbonyl (C=O) groups excluding carboxylic acids is 2. The van der Waals surface area contributed by atoms with Crippen LogP contribution >= 0.6 is 11.6 Å². The van der Waals surface area contributed by atoms with E-state index in [-0.39, 0.29) is 11.8 Å². The van der Waals surface area contributed by atoms with Gasteiger partial charge in [0.1, 0.15) is 0 Å². The number of ketones is 1. The number of aldehydes is 1. The number of allylic oxidation sites excluding steroid dienone is 1. The minimum atomic E-state index is -0.406. The van der Waals surface area contributed by atoms with Gasteiger partial charge < -0.3 is 16.2 Å². The van der Waals surface area contributed by atoms with Gasteiger partial charge in [0.05, 0.1) is 11.6 Å². The molecule has 5 nitrogen and oxygen atoms in total. The number of hydrazine groups is 1. The molecule has 0 aromatic heterocycles. The van der Waals surface area contributed by atoms with Gasteiger partial charge in [-0.05, 0) is 42.7 Å². The molecule has 1 aliphatic heterocycles. The van der Waals surface area contributed by atoms with Crippen molar-refractivity contribution in [3.63, 3.8) is 0 Å². The zero-order chi connectivity index (χ0) is 17.7. The molecule has 3 unspecified atom stereocenters. The van der Waals surface area contributed by atoms with Crippen molar-refractivity contribution < 1.29 is 9.59 Å². The summed E-state index contributed by atoms with van der Waals surface area (Å²) in [5.74, 6) is -0.460. The molecule has 1 aromatic rings. The van der Waals surface area contributed by atoms with Crippen molar-refractivity contribution in [2.75, 3.05) is 12.0 Å². The molecule has 3 N–H and O–H groups in total. The highest BCUT2D eigenvalue weighted by atomic mass is 35.5. The largest absolute Gasteiger partial charge is 0.309 e. The molecule has 0 radical (unpaired) electrons. The van der Waals surface area contributed by atoms with Crippen molar-refractivity contribution in [1.82, 2.24) is 10.7 Å². The third-order valence-corrected chi connectivity index (χ3v) is 4.91. The van der Waals surface area contributed by atoms with Crippen LogP contribution in [0.3, 0.4) is 0 Å². The first-order chi connectivity index (χ1) is 11.5. The summed E-state index contributed by atoms with van der Waals surface area (Å²) >= 11 is 5.87. The van der Waals surface area contributed by atoms with Gasteiger partial charge in [0, 0.05) is 23.3 Å². The van der Waals surface area contributed by atoms with E-state index >= 15 is 0 Å². The summed E-state index contributed by atoms with van der Waals surface area (Å²) in [6.45, 7) is 6.69. The molecule has 1 heterocycles. The highest BCUT2D eigenvalue weighted by Gasteiger charge is 2.39. The smallest absolute Gasteiger partial charge is 0.203 e. The first-order valence-electron chi connectivity index (χ1n) is 8.17. The molecule has 1 aromatic carbocycles. The normalized spacial score (nSPS) is 23.5. The molecule has 0 spiro atoms. The fourth-order valence-corrected chi connectivity index (χ4v) is 3.15. The Labute approximate surface area is 147 Å². The van der Waals surface area contributed by atoms with E-state index in [9.17, 15) is 9.59 Å². The number of Topliss-reactive ketones (excluding diaryl/α,β-unsaturated/α-hetero) is 1. The van der Waals surface area contributed by atoms with Crippen molar-refractivity contribution in [1.29, 1.82) is 0 Å². The molecule has 0 bridgehead atoms. The first-order valence-corrected chi connectivity index (χ1v) is 8.55. The SMILES string of the molecule is CCC(C)C1NCC(=C(C)NNc2ccc(Cl)cc2)C1C(=O)C=O. The van der Waals surface area contributed by atoms with Crippen LogP contribution in [0.1, 0.15) is 27.2 Å². The summed E-state index contributed by atoms with van der Waals surface area (Å²) < 4.78 is 0. The van der Waals surface area contributed by atoms with E-state index in [4.69, 9.17) is 11.6 Å². The van der Waals surface area contributed by atoms with Crippen LogP contribution < -0.4 is 16.2 Å². The van der Waals surface area contributed by atoms with Gasteiger partial charge in [-0.2, -0.15) is 0 Å². The van der Waals surface area contributed by atoms with Crippen molar-refractivity contribution in [2.24, 2.45) is 11.8 Å². The average molecular weight is 350 g/mol. The van der Waals surface area contributed by atoms with E-state index < -0.39 is 5.92 Å². The fraction of sp³-hybridized carbons (Fsp3) is 0.444. The number of hydrogen-bond acceptors (Lipinski definition) is 5. The van der Waals surface area contributed by atoms with E-state index in [0.717, 1.165) is 23.4 Å². The molecule has 2 rings (SSSR count). The molecule has 1 fully saturated rings. The summed E-state index contributed by atoms with van der Waals surface area (Å²) in [5.41, 5.74) is 8.86. The summed E-state index contributed by atoms with van der Waals surface area (Å²) in [7, 11) is 0. The first kappa shape index (κ1) is 18.5. The van der Waals surface area contributed by atoms with Crippen LogP contribution in [-0.2, 0) is 9.59 Å². The van der Waals surface area contributed by atoms with Crippen molar-refractivity contribution >= 4 is 29.4 Å². The van der Waals surface area contributed by atoms with Gasteiger partial charge in [-0.3, -0.25) is 9.59 Å². The van der Waals surface area contributed by atoms with Crippen molar-refractivity contribution in [3.05, 3.63) is 40.6 Å². The second-order valence-electron chi connectivity index (χ2n) is 6.20. The highest BCUT2D eigenvalue weighted by Crippen LogP contribution is 2.30. The van der Waals surface area contributed by atoms with Crippen molar-refractivity contribution in [2.45, 2.75) is 33.2 Å². The molecule has 0 aliphatic carbocycles. The zero-order valence-electron chi connectivity index (χ0n) is 14.2. The van der Waals surface area contributed by atoms with E-state index in [0.29, 0.717) is 23.8 Å². The minimum absolute atomic E-state index is 0.00465. The Morgan fingerprint density at radius 2 is 2.08 bits per heavy atom. The molecular formula is C18H24ClN3O2. The summed E-state index contributed by atoms with van der Waals surface area (Å²) in [4.78, 5) is 23.2. The maximum Gasteiger partial charge on any atom is 0.203 e. The van der Waals surface area contributed by atoms with Gasteiger partial charge in [0.15, 0.2) is 6.29 Å². The van der Waals surface area contributed by atoms with Gasteiger partial charge >= 0.3 is 0 Å². The predicted octanol–water partition coefficient (Wildman–Crippen LogP) is 2.93. The monoisotopic (exact) mass is 349 g/mol. The summed E-state index contributed by atoms with van der Waals surface area (Å²) in [6.07, 6.45) is 1.38. The molecule has 24 heavy (non-hydrogen) atoms. The van der Waals surface area contributed by atoms with E-state index in [1.54, 1.807) is 12.1 Å². The Morgan fingerprint density at radius 3 is 2.67 bits per heavy atom. The predicted molar refractivity (Wildman–Crippen MR) is 96.7 cm³/mol. The lowest BCUT2D eigenvalue weighted by atomic mass is 9.83. The minimum Gasteiger partial charge on any atom is -0.309 e. The summed E-state index contributed by atoms with van der Waals surface area (Å²) in [6, 6.07) is 7.30. The average Bonchev–Trinajstić information content (AvgIpc) is 3.04. The van der Waals surface area contributed by atoms with Crippen LogP contribution in [-0.4, -0.2) is 24.7 Å². The van der Waals surface area contributed by atoms with Gasteiger partial charge in [-0.25, -0.2) is 0 Å². The number of halogens is 1. The third kappa shape index (κ3) is 4.16. The molecular weight excluding hydrogens is 326 g/mol. The summed E-state index contributed by atoms with van der Waals surface area (Å²) in [5, 5.41) is 4.06. The zero-order valence-corrected chi connectivity index (χ0v) is 15.0. The van der Waals surface area contributed by atoms with Crippen LogP contribution in [0, 0.1) is 11.8 Å². The van der Waals surface area contributed by atoms with Crippen LogP contribution in [0.4, 0.5) is 5.69 Å². The molecule has 3 atom stereocenters. The van der Waals surface area contributed by atoms with Gasteiger partial charge in [0.2, 0.25) is 5.78 Å². The molecule has 6 heteroatoms. The lowest BCUT2D eigenvalue weighted by Gasteiger charge is -2.24. The standard InChI is InChI=1S/C18H24ClN3O2/c1-4-11(2)18-17(16(24)10-23)15(9-20-18)12(3)21-22-14-7-5-13(19)6-8-14/h5-8,10-11,17-18,20-22H,4,9H2,1-3H3. The van der Waals surface area contributed by atoms with E-state index in [1.807, 2.05) is 19.1 Å². The van der Waals surface area contributed by atoms with Crippen LogP contribution in [0.5, 0.6) is 0 Å². The molecule has 130 valence electrons. The number of rotatable bonds is 7. The number of benzene rings is 1. The second kappa shape index (κ2) is 8.31. The third-order valence-electron chi connectivity index (χ3n) is 4.66. The molecule has 0 saturated carbocycles. The van der Waals surface area contributed by atoms with Gasteiger partial charge in [-0.1, -0.05) is 31.9 Å². The van der Waals surface area contributed by atoms with Crippen molar-refractivity contribution in [3.8, 4) is 0 Å². The highest BCUT2D eigenvalue weighted by molar-refractivity contribution is 6.30. The van der Waals surface area contributed by atoms with Crippen LogP contribution in [0.15, 0.2) is 35.5 Å². The maximum atomic E-state index is 12.2. The lowest BCUT2D eigenvalue weighted by molar-refractivity contribution is -0.132. The molecule has 0 amide bonds. The number of anilines is 1. The Kier molecular flexibility index (Phi) is 6.40. The Morgan fingerprint density at radius 1 is 1.42 bits per heavy atom. The van der Waals surface area contributed by atoms with Gasteiger partial charge in [-0.15, -0.1) is 0 Å². The quantitative estimate of drug-likeness (QED) is 0.401. The maximum absolute atomic E-state index is 12.2.